The van der Waals surface area contributed by atoms with Crippen molar-refractivity contribution in [1.29, 1.82) is 0 Å². The van der Waals surface area contributed by atoms with Crippen molar-refractivity contribution in [3.8, 4) is 11.5 Å². The number of rotatable bonds is 13. The molecule has 3 atom stereocenters. The average molecular weight is 935 g/mol. The first kappa shape index (κ1) is 44.2. The van der Waals surface area contributed by atoms with Gasteiger partial charge in [0.15, 0.2) is 0 Å². The van der Waals surface area contributed by atoms with E-state index < -0.39 is 29.1 Å². The number of hydrogen-bond donors (Lipinski definition) is 4. The van der Waals surface area contributed by atoms with Crippen molar-refractivity contribution in [1.82, 2.24) is 30.0 Å². The summed E-state index contributed by atoms with van der Waals surface area (Å²) < 4.78 is 19.6. The molecule has 1 aliphatic carbocycles. The molecule has 0 spiro atoms. The van der Waals surface area contributed by atoms with Crippen molar-refractivity contribution in [3.63, 3.8) is 0 Å². The Balaban J connectivity index is 0.625. The monoisotopic (exact) mass is 934 g/mol. The maximum absolute atomic E-state index is 13.3. The average Bonchev–Trinajstić information content (AvgIpc) is 4.11. The highest BCUT2D eigenvalue weighted by Gasteiger charge is 2.56. The number of fused-ring (bicyclic) bond motifs is 4. The highest BCUT2D eigenvalue weighted by Crippen LogP contribution is 2.48. The Hall–Kier alpha value is -7.31. The summed E-state index contributed by atoms with van der Waals surface area (Å²) in [5, 5.41) is 11.7. The van der Waals surface area contributed by atoms with E-state index in [1.54, 1.807) is 36.5 Å². The van der Waals surface area contributed by atoms with Crippen molar-refractivity contribution in [2.24, 2.45) is 11.3 Å². The molecule has 354 valence electrons. The molecule has 8 heterocycles. The third-order valence-corrected chi connectivity index (χ3v) is 14.7. The molecule has 3 aromatic carbocycles. The van der Waals surface area contributed by atoms with Crippen LogP contribution in [-0.4, -0.2) is 118 Å². The number of hydrogen-bond acceptors (Lipinski definition) is 12. The first-order valence-corrected chi connectivity index (χ1v) is 23.7. The standard InChI is InChI=1S/C51H51FN10O7/c52-32-1-3-33(4-2-32)55-49(67)51(16-17-51)50(68)56-34-5-8-38(9-6-34)69-43-13-18-53-41-23-35(7-10-39(41)43)60-19-14-30(15-20-60)25-59-27-36-22-37(28-59)61(36)29-46(64)57-44-21-31-26-62(48(66)40(31)24-54-44)42-11-12-45(63)58-47(42)65/h1-10,13,18,21,23-24,30,36-37,42H,11-12,14-17,19-20,22,25-29H2,(H,55,67)(H,56,68)(H,54,57,64)(H,58,63,65). The van der Waals surface area contributed by atoms with E-state index >= 15 is 0 Å². The normalized spacial score (nSPS) is 22.1. The minimum Gasteiger partial charge on any atom is -0.457 e. The Morgan fingerprint density at radius 3 is 2.23 bits per heavy atom. The zero-order valence-electron chi connectivity index (χ0n) is 37.8. The molecular formula is C51H51FN10O7. The van der Waals surface area contributed by atoms with Gasteiger partial charge in [-0.15, -0.1) is 0 Å². The zero-order valence-corrected chi connectivity index (χ0v) is 37.8. The van der Waals surface area contributed by atoms with Crippen molar-refractivity contribution in [2.75, 3.05) is 60.1 Å². The smallest absolute Gasteiger partial charge is 0.256 e. The number of carbonyl (C=O) groups excluding carboxylic acids is 6. The number of ether oxygens (including phenoxy) is 1. The summed E-state index contributed by atoms with van der Waals surface area (Å²) >= 11 is 0. The van der Waals surface area contributed by atoms with E-state index in [1.807, 2.05) is 6.07 Å². The van der Waals surface area contributed by atoms with E-state index in [2.05, 4.69) is 64.1 Å². The molecule has 6 aliphatic heterocycles. The van der Waals surface area contributed by atoms with E-state index in [4.69, 9.17) is 4.74 Å². The molecule has 2 bridgehead atoms. The molecule has 12 rings (SSSR count). The second-order valence-corrected chi connectivity index (χ2v) is 19.2. The quantitative estimate of drug-likeness (QED) is 0.0881. The molecule has 18 heteroatoms. The molecule has 1 saturated carbocycles. The van der Waals surface area contributed by atoms with E-state index in [0.717, 1.165) is 68.6 Å². The molecule has 0 radical (unpaired) electrons. The van der Waals surface area contributed by atoms with Crippen molar-refractivity contribution < 1.29 is 37.9 Å². The fourth-order valence-corrected chi connectivity index (χ4v) is 10.6. The Labute approximate surface area is 396 Å². The van der Waals surface area contributed by atoms with Gasteiger partial charge in [-0.2, -0.15) is 0 Å². The van der Waals surface area contributed by atoms with Gasteiger partial charge in [0.2, 0.25) is 29.5 Å². The van der Waals surface area contributed by atoms with Gasteiger partial charge in [-0.05, 0) is 129 Å². The van der Waals surface area contributed by atoms with Gasteiger partial charge in [-0.25, -0.2) is 9.37 Å². The topological polar surface area (TPSA) is 199 Å². The largest absolute Gasteiger partial charge is 0.457 e. The van der Waals surface area contributed by atoms with Crippen LogP contribution >= 0.6 is 0 Å². The van der Waals surface area contributed by atoms with Crippen LogP contribution in [0, 0.1) is 17.2 Å². The maximum Gasteiger partial charge on any atom is 0.256 e. The number of halogens is 1. The molecule has 6 fully saturated rings. The maximum atomic E-state index is 13.3. The van der Waals surface area contributed by atoms with Gasteiger partial charge in [-0.3, -0.25) is 48.9 Å². The molecule has 3 unspecified atom stereocenters. The number of carbonyl (C=O) groups is 6. The van der Waals surface area contributed by atoms with E-state index in [0.29, 0.717) is 70.7 Å². The number of imide groups is 1. The highest BCUT2D eigenvalue weighted by molar-refractivity contribution is 6.17. The van der Waals surface area contributed by atoms with Gasteiger partial charge in [0.25, 0.3) is 5.91 Å². The SMILES string of the molecule is O=C1CCC(N2Cc3cc(NC(=O)CN4C5CC4CN(CC4CCN(c6ccc7c(Oc8ccc(NC(=O)C9(C(=O)Nc%10ccc(F)cc%10)CC9)cc8)ccnc7c6)CC4)C5)ncc3C2=O)C(=O)N1. The predicted octanol–water partition coefficient (Wildman–Crippen LogP) is 5.29. The summed E-state index contributed by atoms with van der Waals surface area (Å²) in [4.78, 5) is 94.2. The summed E-state index contributed by atoms with van der Waals surface area (Å²) in [6, 6.07) is 22.2. The Kier molecular flexibility index (Phi) is 11.5. The molecule has 2 aromatic heterocycles. The Morgan fingerprint density at radius 1 is 0.826 bits per heavy atom. The third-order valence-electron chi connectivity index (χ3n) is 14.7. The van der Waals surface area contributed by atoms with Gasteiger partial charge < -0.3 is 30.5 Å². The lowest BCUT2D eigenvalue weighted by atomic mass is 9.86. The van der Waals surface area contributed by atoms with Crippen molar-refractivity contribution in [2.45, 2.75) is 69.6 Å². The Morgan fingerprint density at radius 2 is 1.54 bits per heavy atom. The van der Waals surface area contributed by atoms with Crippen LogP contribution in [0.5, 0.6) is 11.5 Å². The molecule has 5 aromatic rings. The molecule has 69 heavy (non-hydrogen) atoms. The van der Waals surface area contributed by atoms with Gasteiger partial charge in [0, 0.05) is 92.6 Å². The number of nitrogens with zero attached hydrogens (tertiary/aromatic N) is 6. The molecule has 4 N–H and O–H groups in total. The molecule has 17 nitrogen and oxygen atoms in total. The summed E-state index contributed by atoms with van der Waals surface area (Å²) in [5.41, 5.74) is 2.85. The van der Waals surface area contributed by atoms with Crippen LogP contribution in [0.1, 0.15) is 60.9 Å². The van der Waals surface area contributed by atoms with E-state index in [-0.39, 0.29) is 49.6 Å². The van der Waals surface area contributed by atoms with E-state index in [1.165, 1.54) is 35.4 Å². The predicted molar refractivity (Wildman–Crippen MR) is 253 cm³/mol. The first-order chi connectivity index (χ1) is 33.4. The number of pyridine rings is 2. The van der Waals surface area contributed by atoms with Gasteiger partial charge in [0.1, 0.15) is 34.6 Å². The summed E-state index contributed by atoms with van der Waals surface area (Å²) in [6.45, 7) is 5.29. The molecular weight excluding hydrogens is 884 g/mol. The van der Waals surface area contributed by atoms with Crippen LogP contribution < -0.4 is 30.9 Å². The second-order valence-electron chi connectivity index (χ2n) is 19.2. The zero-order chi connectivity index (χ0) is 47.4. The number of benzene rings is 3. The first-order valence-electron chi connectivity index (χ1n) is 23.7. The van der Waals surface area contributed by atoms with Crippen molar-refractivity contribution in [3.05, 3.63) is 108 Å². The third kappa shape index (κ3) is 8.97. The minimum atomic E-state index is -1.16. The number of anilines is 4. The number of nitrogens with one attached hydrogen (secondary N) is 4. The number of piperidine rings is 3. The molecule has 6 amide bonds. The second kappa shape index (κ2) is 18.0. The van der Waals surface area contributed by atoms with E-state index in [9.17, 15) is 33.2 Å². The Bertz CT molecular complexity index is 2870. The molecule has 7 aliphatic rings. The van der Waals surface area contributed by atoms with Crippen LogP contribution in [0.3, 0.4) is 0 Å². The lowest BCUT2D eigenvalue weighted by Crippen LogP contribution is -2.70. The van der Waals surface area contributed by atoms with Gasteiger partial charge in [0.05, 0.1) is 17.6 Å². The summed E-state index contributed by atoms with van der Waals surface area (Å²) in [5.74, 6) is -0.260. The van der Waals surface area contributed by atoms with Crippen LogP contribution in [0.15, 0.2) is 91.3 Å². The van der Waals surface area contributed by atoms with Crippen LogP contribution in [-0.2, 0) is 30.5 Å². The van der Waals surface area contributed by atoms with Gasteiger partial charge in [-0.1, -0.05) is 0 Å². The fraction of sp³-hybridized carbons (Fsp3) is 0.373. The lowest BCUT2D eigenvalue weighted by Gasteiger charge is -2.56. The summed E-state index contributed by atoms with van der Waals surface area (Å²) in [6.07, 6.45) is 7.76. The lowest BCUT2D eigenvalue weighted by molar-refractivity contribution is -0.137. The minimum absolute atomic E-state index is 0.148. The van der Waals surface area contributed by atoms with Crippen molar-refractivity contribution >= 4 is 69.2 Å². The molecule has 5 saturated heterocycles. The van der Waals surface area contributed by atoms with Crippen LogP contribution in [0.2, 0.25) is 0 Å². The highest BCUT2D eigenvalue weighted by atomic mass is 19.1. The summed E-state index contributed by atoms with van der Waals surface area (Å²) in [7, 11) is 0. The number of piperazine rings is 1. The van der Waals surface area contributed by atoms with Crippen LogP contribution in [0.25, 0.3) is 10.9 Å². The number of amides is 6. The number of aromatic nitrogens is 2. The van der Waals surface area contributed by atoms with Crippen LogP contribution in [0.4, 0.5) is 27.3 Å². The fourth-order valence-electron chi connectivity index (χ4n) is 10.6. The van der Waals surface area contributed by atoms with Gasteiger partial charge >= 0.3 is 0 Å².